The van der Waals surface area contributed by atoms with Crippen LogP contribution in [0.4, 0.5) is 0 Å². The molecule has 1 fully saturated rings. The van der Waals surface area contributed by atoms with Crippen molar-refractivity contribution in [2.75, 3.05) is 0 Å². The van der Waals surface area contributed by atoms with Gasteiger partial charge in [-0.1, -0.05) is 11.6 Å². The normalized spacial score (nSPS) is 27.6. The average Bonchev–Trinajstić information content (AvgIpc) is 2.41. The van der Waals surface area contributed by atoms with Gasteiger partial charge in [0.05, 0.1) is 16.7 Å². The van der Waals surface area contributed by atoms with Crippen LogP contribution < -0.4 is 11.5 Å². The molecule has 4 N–H and O–H groups in total. The first kappa shape index (κ1) is 12.5. The third kappa shape index (κ3) is 2.22. The quantitative estimate of drug-likeness (QED) is 0.818. The van der Waals surface area contributed by atoms with Crippen LogP contribution in [0.3, 0.4) is 0 Å². The molecule has 19 heavy (non-hydrogen) atoms. The molecule has 0 radical (unpaired) electrons. The number of nitrogens with two attached hydrogens (primary N) is 2. The van der Waals surface area contributed by atoms with Gasteiger partial charge in [0.2, 0.25) is 0 Å². The highest BCUT2D eigenvalue weighted by atomic mass is 14.9. The summed E-state index contributed by atoms with van der Waals surface area (Å²) in [6.07, 6.45) is 5.35. The summed E-state index contributed by atoms with van der Waals surface area (Å²) in [5.74, 6) is 0. The van der Waals surface area contributed by atoms with Gasteiger partial charge in [-0.3, -0.25) is 0 Å². The third-order valence-corrected chi connectivity index (χ3v) is 4.18. The first-order chi connectivity index (χ1) is 9.08. The van der Waals surface area contributed by atoms with Crippen LogP contribution >= 0.6 is 0 Å². The van der Waals surface area contributed by atoms with Crippen molar-refractivity contribution < 1.29 is 0 Å². The van der Waals surface area contributed by atoms with E-state index in [0.717, 1.165) is 42.3 Å². The van der Waals surface area contributed by atoms with Gasteiger partial charge in [-0.15, -0.1) is 0 Å². The van der Waals surface area contributed by atoms with Crippen molar-refractivity contribution in [1.82, 2.24) is 9.97 Å². The number of fused-ring (bicyclic) bond motifs is 1. The summed E-state index contributed by atoms with van der Waals surface area (Å²) in [6.45, 7) is 2.08. The third-order valence-electron chi connectivity index (χ3n) is 4.18. The van der Waals surface area contributed by atoms with Crippen LogP contribution in [0.25, 0.3) is 10.9 Å². The van der Waals surface area contributed by atoms with Gasteiger partial charge in [0.25, 0.3) is 0 Å². The standard InChI is InChI=1S/C15H20N4/c1-10-2-3-13-12(8-10)14(19-9-18-13)15(17)6-4-11(16)5-7-15/h2-3,8-9,11H,4-7,16-17H2,1H3. The Hall–Kier alpha value is -1.52. The molecule has 0 amide bonds. The molecule has 0 spiro atoms. The molecule has 0 aliphatic heterocycles. The summed E-state index contributed by atoms with van der Waals surface area (Å²) < 4.78 is 0. The summed E-state index contributed by atoms with van der Waals surface area (Å²) in [4.78, 5) is 8.82. The minimum atomic E-state index is -0.356. The van der Waals surface area contributed by atoms with Crippen LogP contribution in [-0.4, -0.2) is 16.0 Å². The average molecular weight is 256 g/mol. The molecule has 1 aromatic heterocycles. The molecule has 0 bridgehead atoms. The molecule has 1 aliphatic carbocycles. The second kappa shape index (κ2) is 4.54. The van der Waals surface area contributed by atoms with Crippen LogP contribution in [0.15, 0.2) is 24.5 Å². The van der Waals surface area contributed by atoms with Gasteiger partial charge in [-0.2, -0.15) is 0 Å². The Kier molecular flexibility index (Phi) is 2.99. The van der Waals surface area contributed by atoms with E-state index in [1.54, 1.807) is 6.33 Å². The van der Waals surface area contributed by atoms with E-state index in [4.69, 9.17) is 11.5 Å². The lowest BCUT2D eigenvalue weighted by atomic mass is 9.77. The second-order valence-electron chi connectivity index (χ2n) is 5.74. The van der Waals surface area contributed by atoms with E-state index in [1.807, 2.05) is 6.07 Å². The summed E-state index contributed by atoms with van der Waals surface area (Å²) in [7, 11) is 0. The van der Waals surface area contributed by atoms with E-state index in [2.05, 4.69) is 29.0 Å². The highest BCUT2D eigenvalue weighted by Gasteiger charge is 2.34. The van der Waals surface area contributed by atoms with Gasteiger partial charge >= 0.3 is 0 Å². The van der Waals surface area contributed by atoms with Gasteiger partial charge in [0.1, 0.15) is 6.33 Å². The SMILES string of the molecule is Cc1ccc2ncnc(C3(N)CCC(N)CC3)c2c1. The summed E-state index contributed by atoms with van der Waals surface area (Å²) in [6, 6.07) is 6.52. The number of aromatic nitrogens is 2. The van der Waals surface area contributed by atoms with Gasteiger partial charge in [0, 0.05) is 11.4 Å². The predicted molar refractivity (Wildman–Crippen MR) is 76.6 cm³/mol. The molecule has 0 atom stereocenters. The number of hydrogen-bond donors (Lipinski definition) is 2. The lowest BCUT2D eigenvalue weighted by Crippen LogP contribution is -2.44. The maximum absolute atomic E-state index is 6.61. The van der Waals surface area contributed by atoms with E-state index in [9.17, 15) is 0 Å². The molecule has 1 aliphatic rings. The monoisotopic (exact) mass is 256 g/mol. The van der Waals surface area contributed by atoms with Crippen molar-refractivity contribution in [1.29, 1.82) is 0 Å². The number of benzene rings is 1. The Morgan fingerprint density at radius 3 is 2.68 bits per heavy atom. The van der Waals surface area contributed by atoms with Crippen molar-refractivity contribution in [2.45, 2.75) is 44.2 Å². The summed E-state index contributed by atoms with van der Waals surface area (Å²) >= 11 is 0. The first-order valence-corrected chi connectivity index (χ1v) is 6.85. The first-order valence-electron chi connectivity index (χ1n) is 6.85. The van der Waals surface area contributed by atoms with E-state index < -0.39 is 0 Å². The van der Waals surface area contributed by atoms with Gasteiger partial charge < -0.3 is 11.5 Å². The molecule has 1 heterocycles. The Balaban J connectivity index is 2.11. The lowest BCUT2D eigenvalue weighted by Gasteiger charge is -2.36. The molecule has 1 saturated carbocycles. The molecule has 2 aromatic rings. The van der Waals surface area contributed by atoms with E-state index in [1.165, 1.54) is 5.56 Å². The Morgan fingerprint density at radius 1 is 1.21 bits per heavy atom. The Labute approximate surface area is 113 Å². The van der Waals surface area contributed by atoms with Crippen LogP contribution in [0.5, 0.6) is 0 Å². The zero-order chi connectivity index (χ0) is 13.5. The summed E-state index contributed by atoms with van der Waals surface area (Å²) in [5, 5.41) is 1.08. The van der Waals surface area contributed by atoms with Crippen LogP contribution in [0, 0.1) is 6.92 Å². The number of nitrogens with zero attached hydrogens (tertiary/aromatic N) is 2. The minimum absolute atomic E-state index is 0.284. The molecule has 4 heteroatoms. The van der Waals surface area contributed by atoms with E-state index in [-0.39, 0.29) is 11.6 Å². The fourth-order valence-electron chi connectivity index (χ4n) is 2.96. The van der Waals surface area contributed by atoms with Crippen molar-refractivity contribution in [3.63, 3.8) is 0 Å². The Morgan fingerprint density at radius 2 is 1.95 bits per heavy atom. The molecule has 100 valence electrons. The minimum Gasteiger partial charge on any atom is -0.328 e. The number of aryl methyl sites for hydroxylation is 1. The van der Waals surface area contributed by atoms with E-state index >= 15 is 0 Å². The molecule has 4 nitrogen and oxygen atoms in total. The molecule has 0 unspecified atom stereocenters. The molecular weight excluding hydrogens is 236 g/mol. The van der Waals surface area contributed by atoms with Crippen LogP contribution in [-0.2, 0) is 5.54 Å². The van der Waals surface area contributed by atoms with Gasteiger partial charge in [-0.25, -0.2) is 9.97 Å². The smallest absolute Gasteiger partial charge is 0.116 e. The number of rotatable bonds is 1. The maximum atomic E-state index is 6.61. The Bertz CT molecular complexity index is 600. The molecule has 0 saturated heterocycles. The van der Waals surface area contributed by atoms with Crippen molar-refractivity contribution in [3.05, 3.63) is 35.8 Å². The largest absolute Gasteiger partial charge is 0.328 e. The van der Waals surface area contributed by atoms with Gasteiger partial charge in [-0.05, 0) is 44.7 Å². The second-order valence-corrected chi connectivity index (χ2v) is 5.74. The predicted octanol–water partition coefficient (Wildman–Crippen LogP) is 1.99. The van der Waals surface area contributed by atoms with Crippen LogP contribution in [0.2, 0.25) is 0 Å². The molecule has 3 rings (SSSR count). The zero-order valence-electron chi connectivity index (χ0n) is 11.3. The zero-order valence-corrected chi connectivity index (χ0v) is 11.3. The van der Waals surface area contributed by atoms with Crippen molar-refractivity contribution >= 4 is 10.9 Å². The van der Waals surface area contributed by atoms with E-state index in [0.29, 0.717) is 0 Å². The highest BCUT2D eigenvalue weighted by molar-refractivity contribution is 5.82. The van der Waals surface area contributed by atoms with Crippen molar-refractivity contribution in [3.8, 4) is 0 Å². The highest BCUT2D eigenvalue weighted by Crippen LogP contribution is 2.36. The fourth-order valence-corrected chi connectivity index (χ4v) is 2.96. The topological polar surface area (TPSA) is 77.8 Å². The number of hydrogen-bond acceptors (Lipinski definition) is 4. The van der Waals surface area contributed by atoms with Gasteiger partial charge in [0.15, 0.2) is 0 Å². The maximum Gasteiger partial charge on any atom is 0.116 e. The van der Waals surface area contributed by atoms with Crippen LogP contribution in [0.1, 0.15) is 36.9 Å². The lowest BCUT2D eigenvalue weighted by molar-refractivity contribution is 0.273. The fraction of sp³-hybridized carbons (Fsp3) is 0.467. The molecular formula is C15H20N4. The summed E-state index contributed by atoms with van der Waals surface area (Å²) in [5.41, 5.74) is 15.4. The molecule has 1 aromatic carbocycles. The van der Waals surface area contributed by atoms with Crippen molar-refractivity contribution in [2.24, 2.45) is 11.5 Å².